The standard InChI is InChI=1S/C10H8ClFN4/c1-2-3-7-9(16-6-13-14-15-16)5-4-8(11)10(7)12/h2-6H,1H3. The van der Waals surface area contributed by atoms with Crippen molar-refractivity contribution in [3.05, 3.63) is 40.9 Å². The number of tetrazole rings is 1. The maximum atomic E-state index is 13.8. The number of hydrogen-bond acceptors (Lipinski definition) is 3. The van der Waals surface area contributed by atoms with Gasteiger partial charge in [-0.3, -0.25) is 0 Å². The first-order chi connectivity index (χ1) is 7.74. The lowest BCUT2D eigenvalue weighted by Crippen LogP contribution is -2.00. The third kappa shape index (κ3) is 1.81. The van der Waals surface area contributed by atoms with E-state index in [0.717, 1.165) is 0 Å². The SMILES string of the molecule is CC=Cc1c(-n2cnnn2)ccc(Cl)c1F. The van der Waals surface area contributed by atoms with E-state index in [9.17, 15) is 4.39 Å². The zero-order valence-electron chi connectivity index (χ0n) is 8.43. The molecule has 1 heterocycles. The molecule has 0 aliphatic carbocycles. The lowest BCUT2D eigenvalue weighted by molar-refractivity contribution is 0.622. The molecular weight excluding hydrogens is 231 g/mol. The van der Waals surface area contributed by atoms with Crippen LogP contribution in [0.2, 0.25) is 5.02 Å². The highest BCUT2D eigenvalue weighted by molar-refractivity contribution is 6.31. The van der Waals surface area contributed by atoms with Gasteiger partial charge in [-0.05, 0) is 29.5 Å². The molecule has 2 aromatic rings. The van der Waals surface area contributed by atoms with Crippen LogP contribution in [0.4, 0.5) is 4.39 Å². The van der Waals surface area contributed by atoms with E-state index in [4.69, 9.17) is 11.6 Å². The predicted octanol–water partition coefficient (Wildman–Crippen LogP) is 2.49. The molecule has 0 aliphatic rings. The predicted molar refractivity (Wildman–Crippen MR) is 58.8 cm³/mol. The van der Waals surface area contributed by atoms with E-state index in [1.807, 2.05) is 0 Å². The third-order valence-corrected chi connectivity index (χ3v) is 2.33. The Kier molecular flexibility index (Phi) is 2.96. The van der Waals surface area contributed by atoms with Gasteiger partial charge in [-0.15, -0.1) is 5.10 Å². The van der Waals surface area contributed by atoms with Gasteiger partial charge in [-0.25, -0.2) is 4.39 Å². The topological polar surface area (TPSA) is 43.6 Å². The minimum atomic E-state index is -0.479. The molecule has 0 bridgehead atoms. The van der Waals surface area contributed by atoms with E-state index in [-0.39, 0.29) is 5.02 Å². The maximum Gasteiger partial charge on any atom is 0.151 e. The highest BCUT2D eigenvalue weighted by Crippen LogP contribution is 2.25. The van der Waals surface area contributed by atoms with Crippen LogP contribution in [0, 0.1) is 5.82 Å². The molecule has 0 radical (unpaired) electrons. The minimum Gasteiger partial charge on any atom is -0.205 e. The summed E-state index contributed by atoms with van der Waals surface area (Å²) in [6.45, 7) is 1.80. The second-order valence-corrected chi connectivity index (χ2v) is 3.46. The largest absolute Gasteiger partial charge is 0.205 e. The molecule has 0 saturated carbocycles. The van der Waals surface area contributed by atoms with E-state index < -0.39 is 5.82 Å². The van der Waals surface area contributed by atoms with E-state index in [1.54, 1.807) is 25.1 Å². The molecule has 2 rings (SSSR count). The average Bonchev–Trinajstić information content (AvgIpc) is 2.79. The number of allylic oxidation sites excluding steroid dienone is 1. The van der Waals surface area contributed by atoms with Gasteiger partial charge in [-0.2, -0.15) is 4.68 Å². The first kappa shape index (κ1) is 10.8. The van der Waals surface area contributed by atoms with Crippen molar-refractivity contribution in [3.8, 4) is 5.69 Å². The number of halogens is 2. The molecule has 0 amide bonds. The molecule has 6 heteroatoms. The Hall–Kier alpha value is -1.75. The molecule has 0 saturated heterocycles. The molecule has 0 atom stereocenters. The zero-order valence-corrected chi connectivity index (χ0v) is 9.19. The van der Waals surface area contributed by atoms with E-state index in [0.29, 0.717) is 11.3 Å². The van der Waals surface area contributed by atoms with E-state index >= 15 is 0 Å². The van der Waals surface area contributed by atoms with E-state index in [1.165, 1.54) is 17.1 Å². The van der Waals surface area contributed by atoms with Crippen molar-refractivity contribution < 1.29 is 4.39 Å². The van der Waals surface area contributed by atoms with Gasteiger partial charge in [0.1, 0.15) is 6.33 Å². The number of hydrogen-bond donors (Lipinski definition) is 0. The monoisotopic (exact) mass is 238 g/mol. The molecular formula is C10H8ClFN4. The van der Waals surface area contributed by atoms with Gasteiger partial charge in [0.25, 0.3) is 0 Å². The van der Waals surface area contributed by atoms with Crippen molar-refractivity contribution in [1.82, 2.24) is 20.2 Å². The van der Waals surface area contributed by atoms with Gasteiger partial charge in [0.05, 0.1) is 10.7 Å². The Labute approximate surface area is 96.3 Å². The summed E-state index contributed by atoms with van der Waals surface area (Å²) < 4.78 is 15.2. The second-order valence-electron chi connectivity index (χ2n) is 3.05. The molecule has 0 N–H and O–H groups in total. The van der Waals surface area contributed by atoms with Gasteiger partial charge in [0, 0.05) is 5.56 Å². The fourth-order valence-corrected chi connectivity index (χ4v) is 1.52. The second kappa shape index (κ2) is 4.40. The van der Waals surface area contributed by atoms with Crippen molar-refractivity contribution in [2.45, 2.75) is 6.92 Å². The van der Waals surface area contributed by atoms with Crippen molar-refractivity contribution in [2.75, 3.05) is 0 Å². The van der Waals surface area contributed by atoms with Gasteiger partial charge in [0.2, 0.25) is 0 Å². The number of nitrogens with zero attached hydrogens (tertiary/aromatic N) is 4. The number of rotatable bonds is 2. The van der Waals surface area contributed by atoms with Crippen molar-refractivity contribution in [3.63, 3.8) is 0 Å². The normalized spacial score (nSPS) is 11.2. The lowest BCUT2D eigenvalue weighted by Gasteiger charge is -2.06. The summed E-state index contributed by atoms with van der Waals surface area (Å²) in [6, 6.07) is 3.14. The fourth-order valence-electron chi connectivity index (χ4n) is 1.35. The number of benzene rings is 1. The molecule has 82 valence electrons. The van der Waals surface area contributed by atoms with Crippen LogP contribution in [0.5, 0.6) is 0 Å². The first-order valence-corrected chi connectivity index (χ1v) is 4.96. The van der Waals surface area contributed by atoms with Gasteiger partial charge in [0.15, 0.2) is 5.82 Å². The van der Waals surface area contributed by atoms with Crippen molar-refractivity contribution >= 4 is 17.7 Å². The van der Waals surface area contributed by atoms with Crippen LogP contribution in [0.3, 0.4) is 0 Å². The summed E-state index contributed by atoms with van der Waals surface area (Å²) in [7, 11) is 0. The molecule has 0 aliphatic heterocycles. The van der Waals surface area contributed by atoms with Gasteiger partial charge in [-0.1, -0.05) is 23.8 Å². The molecule has 1 aromatic carbocycles. The molecule has 0 fully saturated rings. The highest BCUT2D eigenvalue weighted by Gasteiger charge is 2.11. The summed E-state index contributed by atoms with van der Waals surface area (Å²) in [5, 5.41) is 10.8. The maximum absolute atomic E-state index is 13.8. The quantitative estimate of drug-likeness (QED) is 0.807. The summed E-state index contributed by atoms with van der Waals surface area (Å²) >= 11 is 5.71. The lowest BCUT2D eigenvalue weighted by atomic mass is 10.1. The van der Waals surface area contributed by atoms with Gasteiger partial charge < -0.3 is 0 Å². The molecule has 0 unspecified atom stereocenters. The van der Waals surface area contributed by atoms with Crippen LogP contribution in [0.25, 0.3) is 11.8 Å². The summed E-state index contributed by atoms with van der Waals surface area (Å²) in [5.74, 6) is -0.479. The highest BCUT2D eigenvalue weighted by atomic mass is 35.5. The van der Waals surface area contributed by atoms with Crippen molar-refractivity contribution in [2.24, 2.45) is 0 Å². The average molecular weight is 239 g/mol. The molecule has 4 nitrogen and oxygen atoms in total. The van der Waals surface area contributed by atoms with Crippen LogP contribution in [-0.2, 0) is 0 Å². The Morgan fingerprint density at radius 1 is 1.44 bits per heavy atom. The number of aromatic nitrogens is 4. The Bertz CT molecular complexity index is 522. The zero-order chi connectivity index (χ0) is 11.5. The molecule has 16 heavy (non-hydrogen) atoms. The molecule has 1 aromatic heterocycles. The van der Waals surface area contributed by atoms with Gasteiger partial charge >= 0.3 is 0 Å². The summed E-state index contributed by atoms with van der Waals surface area (Å²) in [5.41, 5.74) is 0.910. The summed E-state index contributed by atoms with van der Waals surface area (Å²) in [4.78, 5) is 0. The van der Waals surface area contributed by atoms with Crippen LogP contribution in [0.15, 0.2) is 24.5 Å². The smallest absolute Gasteiger partial charge is 0.151 e. The Balaban J connectivity index is 2.66. The third-order valence-electron chi connectivity index (χ3n) is 2.04. The first-order valence-electron chi connectivity index (χ1n) is 4.58. The van der Waals surface area contributed by atoms with E-state index in [2.05, 4.69) is 15.5 Å². The fraction of sp³-hybridized carbons (Fsp3) is 0.100. The Morgan fingerprint density at radius 2 is 2.25 bits per heavy atom. The summed E-state index contributed by atoms with van der Waals surface area (Å²) in [6.07, 6.45) is 4.75. The van der Waals surface area contributed by atoms with Crippen LogP contribution in [-0.4, -0.2) is 20.2 Å². The van der Waals surface area contributed by atoms with Crippen molar-refractivity contribution in [1.29, 1.82) is 0 Å². The van der Waals surface area contributed by atoms with Crippen LogP contribution in [0.1, 0.15) is 12.5 Å². The molecule has 0 spiro atoms. The minimum absolute atomic E-state index is 0.0740. The van der Waals surface area contributed by atoms with Crippen LogP contribution >= 0.6 is 11.6 Å². The Morgan fingerprint density at radius 3 is 2.88 bits per heavy atom. The van der Waals surface area contributed by atoms with Crippen LogP contribution < -0.4 is 0 Å².